The number of esters is 1. The smallest absolute Gasteiger partial charge is 0.457 e. The van der Waals surface area contributed by atoms with Gasteiger partial charge in [0.2, 0.25) is 0 Å². The van der Waals surface area contributed by atoms with Gasteiger partial charge in [0.25, 0.3) is 0 Å². The zero-order valence-corrected chi connectivity index (χ0v) is 32.7. The predicted octanol–water partition coefficient (Wildman–Crippen LogP) is 8.05. The molecule has 0 atom stereocenters. The van der Waals surface area contributed by atoms with Gasteiger partial charge in [-0.05, 0) is 81.3 Å². The first-order valence-electron chi connectivity index (χ1n) is 16.0. The summed E-state index contributed by atoms with van der Waals surface area (Å²) in [6.45, 7) is 5.41. The Labute approximate surface area is 320 Å². The first-order chi connectivity index (χ1) is 25.0. The summed E-state index contributed by atoms with van der Waals surface area (Å²) in [5.41, 5.74) is -1.69. The van der Waals surface area contributed by atoms with Crippen molar-refractivity contribution in [3.8, 4) is 16.8 Å². The molecule has 0 aliphatic carbocycles. The molecule has 0 saturated carbocycles. The molecule has 54 heavy (non-hydrogen) atoms. The number of ether oxygens (including phenoxy) is 1. The summed E-state index contributed by atoms with van der Waals surface area (Å²) in [5.74, 6) is -3.52. The highest BCUT2D eigenvalue weighted by Crippen LogP contribution is 2.42. The number of carbonyl (C=O) groups excluding carboxylic acids is 1. The Hall–Kier alpha value is -3.98. The fourth-order valence-electron chi connectivity index (χ4n) is 5.80. The number of nitrogens with zero attached hydrogens (tertiary/aromatic N) is 2. The van der Waals surface area contributed by atoms with Crippen LogP contribution in [0.3, 0.4) is 0 Å². The molecule has 0 saturated heterocycles. The summed E-state index contributed by atoms with van der Waals surface area (Å²) in [5, 5.41) is 11.7. The molecule has 0 amide bonds. The normalized spacial score (nSPS) is 12.6. The van der Waals surface area contributed by atoms with E-state index in [-0.39, 0.29) is 22.3 Å². The molecule has 0 aliphatic rings. The van der Waals surface area contributed by atoms with Gasteiger partial charge in [0.05, 0.1) is 28.2 Å². The lowest BCUT2D eigenvalue weighted by Gasteiger charge is -2.28. The maximum atomic E-state index is 15.8. The molecule has 4 aromatic carbocycles. The first-order valence-corrected chi connectivity index (χ1v) is 20.2. The molecule has 0 radical (unpaired) electrons. The number of hydrogen-bond acceptors (Lipinski definition) is 8. The van der Waals surface area contributed by atoms with Crippen LogP contribution < -0.4 is 0 Å². The maximum absolute atomic E-state index is 15.8. The van der Waals surface area contributed by atoms with Crippen LogP contribution in [0.5, 0.6) is 0 Å². The first kappa shape index (κ1) is 41.2. The zero-order chi connectivity index (χ0) is 40.0. The quantitative estimate of drug-likeness (QED) is 0.0637. The minimum atomic E-state index is -4.79. The van der Waals surface area contributed by atoms with Gasteiger partial charge >= 0.3 is 13.8 Å². The Morgan fingerprint density at radius 1 is 0.926 bits per heavy atom. The Morgan fingerprint density at radius 2 is 1.54 bits per heavy atom. The van der Waals surface area contributed by atoms with Crippen LogP contribution in [0.4, 0.5) is 8.78 Å². The SMILES string of the molecule is CC(C)(O)c1cn(-c2ccc(-c3cc(S(C)(=O)=O)c(COC(=O)c4cccc(COP(=O)(O)O)c4)c(F)c3F)cc2)c(C(C)(C)c2c(Cl)cccc2Cl)n1. The average molecular weight is 824 g/mol. The number of aromatic nitrogens is 2. The minimum Gasteiger partial charge on any atom is -0.457 e. The van der Waals surface area contributed by atoms with E-state index < -0.39 is 70.0 Å². The molecule has 0 bridgehead atoms. The van der Waals surface area contributed by atoms with Gasteiger partial charge in [-0.3, -0.25) is 4.52 Å². The van der Waals surface area contributed by atoms with Crippen molar-refractivity contribution in [2.45, 2.75) is 56.8 Å². The molecule has 1 heterocycles. The van der Waals surface area contributed by atoms with E-state index in [0.717, 1.165) is 12.3 Å². The number of hydrogen-bond donors (Lipinski definition) is 3. The second kappa shape index (κ2) is 15.3. The van der Waals surface area contributed by atoms with Crippen LogP contribution in [0, 0.1) is 11.6 Å². The number of carbonyl (C=O) groups is 1. The average Bonchev–Trinajstić information content (AvgIpc) is 3.55. The van der Waals surface area contributed by atoms with Gasteiger partial charge < -0.3 is 24.2 Å². The highest BCUT2D eigenvalue weighted by Gasteiger charge is 2.35. The van der Waals surface area contributed by atoms with Crippen molar-refractivity contribution in [3.05, 3.63) is 134 Å². The Kier molecular flexibility index (Phi) is 11.7. The summed E-state index contributed by atoms with van der Waals surface area (Å²) in [4.78, 5) is 34.8. The number of phosphoric ester groups is 1. The molecule has 17 heteroatoms. The van der Waals surface area contributed by atoms with Crippen LogP contribution in [0.15, 0.2) is 83.9 Å². The van der Waals surface area contributed by atoms with Gasteiger partial charge in [-0.1, -0.05) is 53.5 Å². The number of rotatable bonds is 12. The molecular formula is C37H35Cl2F2N2O9PS. The zero-order valence-electron chi connectivity index (χ0n) is 29.5. The van der Waals surface area contributed by atoms with E-state index in [1.54, 1.807) is 54.9 Å². The van der Waals surface area contributed by atoms with Crippen molar-refractivity contribution in [2.75, 3.05) is 6.26 Å². The fourth-order valence-corrected chi connectivity index (χ4v) is 7.92. The Bertz CT molecular complexity index is 2390. The molecular weight excluding hydrogens is 788 g/mol. The van der Waals surface area contributed by atoms with E-state index in [0.29, 0.717) is 32.8 Å². The standard InChI is InChI=1S/C37H35Cl2F2N2O9PS/c1-36(2,31-27(38)10-7-11-28(31)39)35-42-30(37(3,4)45)18-43(35)24-14-12-22(13-15-24)25-17-29(54(5,49)50)26(33(41)32(25)40)20-51-34(44)23-9-6-8-21(16-23)19-52-53(46,47)48/h6-18,45H,19-20H2,1-5H3,(H2,46,47,48). The number of imidazole rings is 1. The summed E-state index contributed by atoms with van der Waals surface area (Å²) >= 11 is 13.2. The van der Waals surface area contributed by atoms with E-state index >= 15 is 8.78 Å². The number of aliphatic hydroxyl groups is 1. The molecule has 0 aliphatic heterocycles. The molecule has 3 N–H and O–H groups in total. The highest BCUT2D eigenvalue weighted by molar-refractivity contribution is 7.90. The van der Waals surface area contributed by atoms with Gasteiger partial charge in [0.1, 0.15) is 18.0 Å². The summed E-state index contributed by atoms with van der Waals surface area (Å²) in [6, 6.07) is 17.5. The van der Waals surface area contributed by atoms with Crippen LogP contribution in [-0.2, 0) is 47.9 Å². The molecule has 0 unspecified atom stereocenters. The lowest BCUT2D eigenvalue weighted by atomic mass is 9.83. The molecule has 286 valence electrons. The molecule has 1 aromatic heterocycles. The van der Waals surface area contributed by atoms with Gasteiger partial charge in [-0.15, -0.1) is 0 Å². The third-order valence-electron chi connectivity index (χ3n) is 8.51. The van der Waals surface area contributed by atoms with E-state index in [9.17, 15) is 22.9 Å². The maximum Gasteiger partial charge on any atom is 0.469 e. The second-order valence-electron chi connectivity index (χ2n) is 13.5. The summed E-state index contributed by atoms with van der Waals surface area (Å²) < 4.78 is 79.6. The van der Waals surface area contributed by atoms with E-state index in [4.69, 9.17) is 42.7 Å². The van der Waals surface area contributed by atoms with Crippen LogP contribution in [-0.4, -0.2) is 45.1 Å². The topological polar surface area (TPSA) is 165 Å². The third-order valence-corrected chi connectivity index (χ3v) is 10.8. The summed E-state index contributed by atoms with van der Waals surface area (Å²) in [7, 11) is -9.00. The molecule has 0 spiro atoms. The highest BCUT2D eigenvalue weighted by atomic mass is 35.5. The molecule has 5 rings (SSSR count). The Morgan fingerprint density at radius 3 is 2.11 bits per heavy atom. The Balaban J connectivity index is 1.50. The third kappa shape index (κ3) is 8.93. The molecule has 11 nitrogen and oxygen atoms in total. The van der Waals surface area contributed by atoms with Gasteiger partial charge in [0, 0.05) is 44.9 Å². The number of benzene rings is 4. The summed E-state index contributed by atoms with van der Waals surface area (Å²) in [6.07, 6.45) is 2.44. The monoisotopic (exact) mass is 822 g/mol. The van der Waals surface area contributed by atoms with Crippen molar-refractivity contribution in [1.82, 2.24) is 9.55 Å². The van der Waals surface area contributed by atoms with Crippen LogP contribution >= 0.6 is 31.0 Å². The van der Waals surface area contributed by atoms with Crippen LogP contribution in [0.1, 0.15) is 66.3 Å². The number of phosphoric acid groups is 1. The van der Waals surface area contributed by atoms with Crippen molar-refractivity contribution < 1.29 is 50.7 Å². The van der Waals surface area contributed by atoms with E-state index in [1.807, 2.05) is 13.8 Å². The van der Waals surface area contributed by atoms with E-state index in [1.165, 1.54) is 36.4 Å². The van der Waals surface area contributed by atoms with Gasteiger partial charge in [-0.2, -0.15) is 0 Å². The van der Waals surface area contributed by atoms with Gasteiger partial charge in [-0.25, -0.2) is 31.5 Å². The van der Waals surface area contributed by atoms with Crippen molar-refractivity contribution in [3.63, 3.8) is 0 Å². The van der Waals surface area contributed by atoms with Crippen molar-refractivity contribution in [2.24, 2.45) is 0 Å². The predicted molar refractivity (Wildman–Crippen MR) is 198 cm³/mol. The van der Waals surface area contributed by atoms with Crippen molar-refractivity contribution in [1.29, 1.82) is 0 Å². The van der Waals surface area contributed by atoms with Crippen molar-refractivity contribution >= 4 is 46.8 Å². The van der Waals surface area contributed by atoms with Crippen LogP contribution in [0.2, 0.25) is 10.0 Å². The number of sulfone groups is 1. The molecule has 0 fully saturated rings. The van der Waals surface area contributed by atoms with Crippen LogP contribution in [0.25, 0.3) is 16.8 Å². The molecule has 5 aromatic rings. The lowest BCUT2D eigenvalue weighted by Crippen LogP contribution is -2.25. The number of halogens is 4. The second-order valence-corrected chi connectivity index (χ2v) is 17.5. The fraction of sp³-hybridized carbons (Fsp3) is 0.243. The largest absolute Gasteiger partial charge is 0.469 e. The van der Waals surface area contributed by atoms with E-state index in [2.05, 4.69) is 4.52 Å². The minimum absolute atomic E-state index is 0.116. The van der Waals surface area contributed by atoms with Gasteiger partial charge in [0.15, 0.2) is 21.5 Å². The lowest BCUT2D eigenvalue weighted by molar-refractivity contribution is 0.0464.